The van der Waals surface area contributed by atoms with Crippen LogP contribution in [0.2, 0.25) is 0 Å². The van der Waals surface area contributed by atoms with Crippen LogP contribution in [0.5, 0.6) is 0 Å². The summed E-state index contributed by atoms with van der Waals surface area (Å²) in [5.74, 6) is -1.47. The molecule has 0 aromatic heterocycles. The molecule has 0 N–H and O–H groups in total. The van der Waals surface area contributed by atoms with E-state index in [4.69, 9.17) is 14.2 Å². The quantitative estimate of drug-likeness (QED) is 0.200. The van der Waals surface area contributed by atoms with Gasteiger partial charge in [-0.2, -0.15) is 0 Å². The maximum absolute atomic E-state index is 13.2. The molecule has 0 spiro atoms. The fourth-order valence-corrected chi connectivity index (χ4v) is 5.76. The molecule has 37 heavy (non-hydrogen) atoms. The molecule has 0 amide bonds. The third kappa shape index (κ3) is 17.9. The minimum atomic E-state index is -0.701. The van der Waals surface area contributed by atoms with E-state index in [0.717, 1.165) is 25.7 Å². The van der Waals surface area contributed by atoms with Crippen LogP contribution in [0.15, 0.2) is 0 Å². The van der Waals surface area contributed by atoms with E-state index in [-0.39, 0.29) is 46.1 Å². The van der Waals surface area contributed by atoms with Gasteiger partial charge in [-0.25, -0.2) is 0 Å². The first-order valence-electron chi connectivity index (χ1n) is 14.2. The first kappa shape index (κ1) is 35.9. The van der Waals surface area contributed by atoms with Gasteiger partial charge in [-0.1, -0.05) is 96.4 Å². The monoisotopic (exact) mass is 526 g/mol. The summed E-state index contributed by atoms with van der Waals surface area (Å²) < 4.78 is 17.7. The molecule has 5 nitrogen and oxygen atoms in total. The van der Waals surface area contributed by atoms with Crippen LogP contribution in [-0.4, -0.2) is 37.4 Å². The lowest BCUT2D eigenvalue weighted by molar-refractivity contribution is -0.164. The highest BCUT2D eigenvalue weighted by Gasteiger charge is 2.34. The summed E-state index contributed by atoms with van der Waals surface area (Å²) in [6.45, 7) is 33.0. The molecule has 1 atom stereocenters. The fourth-order valence-electron chi connectivity index (χ4n) is 5.76. The molecule has 0 rings (SSSR count). The van der Waals surface area contributed by atoms with Crippen molar-refractivity contribution < 1.29 is 23.8 Å². The normalized spacial score (nSPS) is 14.9. The predicted octanol–water partition coefficient (Wildman–Crippen LogP) is 8.63. The lowest BCUT2D eigenvalue weighted by atomic mass is 9.77. The number of esters is 2. The van der Waals surface area contributed by atoms with E-state index >= 15 is 0 Å². The van der Waals surface area contributed by atoms with E-state index in [1.807, 2.05) is 13.8 Å². The molecule has 0 heterocycles. The smallest absolute Gasteiger partial charge is 0.311 e. The fraction of sp³-hybridized carbons (Fsp3) is 0.938. The highest BCUT2D eigenvalue weighted by molar-refractivity contribution is 5.80. The Morgan fingerprint density at radius 3 is 1.46 bits per heavy atom. The average Bonchev–Trinajstić information content (AvgIpc) is 2.63. The van der Waals surface area contributed by atoms with Crippen LogP contribution in [0.1, 0.15) is 136 Å². The largest absolute Gasteiger partial charge is 0.465 e. The van der Waals surface area contributed by atoms with Gasteiger partial charge in [0.25, 0.3) is 0 Å². The van der Waals surface area contributed by atoms with Crippen molar-refractivity contribution in [1.82, 2.24) is 0 Å². The van der Waals surface area contributed by atoms with Crippen LogP contribution in [0.25, 0.3) is 0 Å². The van der Waals surface area contributed by atoms with Crippen LogP contribution in [0.3, 0.4) is 0 Å². The predicted molar refractivity (Wildman–Crippen MR) is 154 cm³/mol. The summed E-state index contributed by atoms with van der Waals surface area (Å²) in [4.78, 5) is 26.1. The zero-order valence-corrected chi connectivity index (χ0v) is 27.3. The highest BCUT2D eigenvalue weighted by atomic mass is 16.5. The Bertz CT molecular complexity index is 716. The van der Waals surface area contributed by atoms with Gasteiger partial charge in [0.15, 0.2) is 0 Å². The molecule has 0 fully saturated rings. The van der Waals surface area contributed by atoms with Gasteiger partial charge >= 0.3 is 11.9 Å². The average molecular weight is 527 g/mol. The summed E-state index contributed by atoms with van der Waals surface area (Å²) in [7, 11) is 0. The summed E-state index contributed by atoms with van der Waals surface area (Å²) in [6.07, 6.45) is 3.68. The Morgan fingerprint density at radius 2 is 1.05 bits per heavy atom. The maximum atomic E-state index is 13.2. The Hall–Kier alpha value is -1.10. The maximum Gasteiger partial charge on any atom is 0.311 e. The number of ether oxygens (including phenoxy) is 3. The van der Waals surface area contributed by atoms with E-state index in [2.05, 4.69) is 90.0 Å². The number of hydrogen-bond acceptors (Lipinski definition) is 5. The van der Waals surface area contributed by atoms with Gasteiger partial charge < -0.3 is 14.2 Å². The molecule has 1 unspecified atom stereocenters. The van der Waals surface area contributed by atoms with E-state index < -0.39 is 17.5 Å². The van der Waals surface area contributed by atoms with Crippen molar-refractivity contribution in [3.8, 4) is 0 Å². The molecule has 0 aromatic rings. The molecule has 0 saturated carbocycles. The van der Waals surface area contributed by atoms with E-state index in [1.54, 1.807) is 0 Å². The molecule has 0 aliphatic heterocycles. The van der Waals surface area contributed by atoms with E-state index in [0.29, 0.717) is 13.2 Å². The Morgan fingerprint density at radius 1 is 0.622 bits per heavy atom. The molecule has 0 bridgehead atoms. The van der Waals surface area contributed by atoms with Gasteiger partial charge in [0, 0.05) is 0 Å². The first-order chi connectivity index (χ1) is 16.3. The van der Waals surface area contributed by atoms with Gasteiger partial charge in [-0.15, -0.1) is 0 Å². The second kappa shape index (κ2) is 13.3. The molecular formula is C32H62O5. The van der Waals surface area contributed by atoms with E-state index in [1.165, 1.54) is 0 Å². The molecule has 5 heteroatoms. The molecule has 0 saturated heterocycles. The van der Waals surface area contributed by atoms with Gasteiger partial charge in [0.05, 0.1) is 37.8 Å². The van der Waals surface area contributed by atoms with Crippen molar-refractivity contribution in [2.45, 2.75) is 142 Å². The van der Waals surface area contributed by atoms with Crippen molar-refractivity contribution in [2.75, 3.05) is 19.8 Å². The summed E-state index contributed by atoms with van der Waals surface area (Å²) in [5, 5.41) is 0. The van der Waals surface area contributed by atoms with Crippen LogP contribution >= 0.6 is 0 Å². The molecule has 220 valence electrons. The van der Waals surface area contributed by atoms with Gasteiger partial charge in [0.2, 0.25) is 0 Å². The van der Waals surface area contributed by atoms with Crippen LogP contribution in [-0.2, 0) is 23.8 Å². The Kier molecular flexibility index (Phi) is 12.9. The first-order valence-corrected chi connectivity index (χ1v) is 14.2. The molecule has 0 aliphatic rings. The molecular weight excluding hydrogens is 464 g/mol. The van der Waals surface area contributed by atoms with Crippen LogP contribution in [0, 0.1) is 33.0 Å². The van der Waals surface area contributed by atoms with Crippen molar-refractivity contribution in [2.24, 2.45) is 33.0 Å². The Balaban J connectivity index is 5.42. The topological polar surface area (TPSA) is 61.8 Å². The zero-order chi connectivity index (χ0) is 29.5. The second-order valence-electron chi connectivity index (χ2n) is 16.7. The van der Waals surface area contributed by atoms with Crippen molar-refractivity contribution >= 4 is 11.9 Å². The molecule has 0 radical (unpaired) electrons. The van der Waals surface area contributed by atoms with Crippen LogP contribution < -0.4 is 0 Å². The van der Waals surface area contributed by atoms with Crippen molar-refractivity contribution in [3.63, 3.8) is 0 Å². The third-order valence-electron chi connectivity index (χ3n) is 6.53. The SMILES string of the molecule is CCC(C)(C)CC(C)(C)OCC(CC(=O)OCC(C)(C)CC(C)(C)C)C(=O)OCC(C)(C)CC(C)(C)C. The molecule has 0 aromatic carbocycles. The Labute approximate surface area is 230 Å². The highest BCUT2D eigenvalue weighted by Crippen LogP contribution is 2.36. The summed E-state index contributed by atoms with van der Waals surface area (Å²) in [6, 6.07) is 0. The summed E-state index contributed by atoms with van der Waals surface area (Å²) in [5.41, 5.74) is -0.367. The van der Waals surface area contributed by atoms with Crippen molar-refractivity contribution in [1.29, 1.82) is 0 Å². The third-order valence-corrected chi connectivity index (χ3v) is 6.53. The van der Waals surface area contributed by atoms with E-state index in [9.17, 15) is 9.59 Å². The molecule has 0 aliphatic carbocycles. The number of carbonyl (C=O) groups is 2. The number of hydrogen-bond donors (Lipinski definition) is 0. The number of rotatable bonds is 15. The van der Waals surface area contributed by atoms with Gasteiger partial charge in [-0.3, -0.25) is 9.59 Å². The standard InChI is InChI=1S/C32H62O5/c1-16-29(8,9)21-32(14,15)37-18-24(26(34)36-23-31(12,13)20-28(5,6)7)17-25(33)35-22-30(10,11)19-27(2,3)4/h24H,16-23H2,1-15H3. The zero-order valence-electron chi connectivity index (χ0n) is 27.3. The van der Waals surface area contributed by atoms with Crippen molar-refractivity contribution in [3.05, 3.63) is 0 Å². The summed E-state index contributed by atoms with van der Waals surface area (Å²) >= 11 is 0. The number of carbonyl (C=O) groups excluding carboxylic acids is 2. The minimum absolute atomic E-state index is 0.0443. The second-order valence-corrected chi connectivity index (χ2v) is 16.7. The lowest BCUT2D eigenvalue weighted by Gasteiger charge is -2.35. The lowest BCUT2D eigenvalue weighted by Crippen LogP contribution is -2.37. The van der Waals surface area contributed by atoms with Gasteiger partial charge in [-0.05, 0) is 60.2 Å². The minimum Gasteiger partial charge on any atom is -0.465 e. The van der Waals surface area contributed by atoms with Crippen LogP contribution in [0.4, 0.5) is 0 Å². The van der Waals surface area contributed by atoms with Gasteiger partial charge in [0.1, 0.15) is 0 Å².